The van der Waals surface area contributed by atoms with Crippen LogP contribution >= 0.6 is 0 Å². The molecular weight excluding hydrogens is 402 g/mol. The van der Waals surface area contributed by atoms with Gasteiger partial charge in [-0.15, -0.1) is 0 Å². The first kappa shape index (κ1) is 21.0. The number of nitriles is 1. The molecule has 0 amide bonds. The number of hydrogen-bond acceptors (Lipinski definition) is 6. The molecule has 0 atom stereocenters. The molecule has 0 unspecified atom stereocenters. The fourth-order valence-electron chi connectivity index (χ4n) is 4.03. The molecule has 0 N–H and O–H groups in total. The third kappa shape index (κ3) is 4.75. The first-order valence-corrected chi connectivity index (χ1v) is 10.3. The SMILES string of the molecule is CCn1cc(CN2CCCN(c3c(C#N)cnc4ccc(OC(F)F)cc34)CC2)cn1. The third-order valence-electron chi connectivity index (χ3n) is 5.48. The second-order valence-electron chi connectivity index (χ2n) is 7.51. The van der Waals surface area contributed by atoms with Crippen molar-refractivity contribution in [3.63, 3.8) is 0 Å². The van der Waals surface area contributed by atoms with Crippen LogP contribution in [0.5, 0.6) is 5.75 Å². The highest BCUT2D eigenvalue weighted by molar-refractivity contribution is 5.95. The average molecular weight is 426 g/mol. The highest BCUT2D eigenvalue weighted by Gasteiger charge is 2.21. The van der Waals surface area contributed by atoms with Gasteiger partial charge in [-0.25, -0.2) is 0 Å². The summed E-state index contributed by atoms with van der Waals surface area (Å²) < 4.78 is 31.9. The molecular formula is C22H24F2N6O. The molecule has 31 heavy (non-hydrogen) atoms. The molecule has 1 aliphatic heterocycles. The number of alkyl halides is 2. The van der Waals surface area contributed by atoms with E-state index in [2.05, 4.69) is 43.8 Å². The van der Waals surface area contributed by atoms with Crippen LogP contribution in [0.2, 0.25) is 0 Å². The van der Waals surface area contributed by atoms with Gasteiger partial charge in [0.05, 0.1) is 23.0 Å². The van der Waals surface area contributed by atoms with Crippen molar-refractivity contribution < 1.29 is 13.5 Å². The Bertz CT molecular complexity index is 1090. The van der Waals surface area contributed by atoms with E-state index in [1.807, 2.05) is 10.9 Å². The lowest BCUT2D eigenvalue weighted by Crippen LogP contribution is -2.31. The Balaban J connectivity index is 1.59. The molecule has 3 aromatic rings. The lowest BCUT2D eigenvalue weighted by atomic mass is 10.1. The molecule has 0 aliphatic carbocycles. The molecule has 0 bridgehead atoms. The minimum Gasteiger partial charge on any atom is -0.435 e. The zero-order chi connectivity index (χ0) is 21.8. The Hall–Kier alpha value is -3.25. The minimum atomic E-state index is -2.91. The smallest absolute Gasteiger partial charge is 0.387 e. The molecule has 162 valence electrons. The van der Waals surface area contributed by atoms with Crippen LogP contribution in [0.25, 0.3) is 10.9 Å². The molecule has 0 radical (unpaired) electrons. The van der Waals surface area contributed by atoms with E-state index in [1.54, 1.807) is 18.3 Å². The number of rotatable bonds is 6. The number of fused-ring (bicyclic) bond motifs is 1. The summed E-state index contributed by atoms with van der Waals surface area (Å²) in [5.41, 5.74) is 2.98. The van der Waals surface area contributed by atoms with Gasteiger partial charge < -0.3 is 9.64 Å². The normalized spacial score (nSPS) is 15.3. The van der Waals surface area contributed by atoms with Gasteiger partial charge >= 0.3 is 6.61 Å². The summed E-state index contributed by atoms with van der Waals surface area (Å²) in [6.45, 7) is 4.05. The van der Waals surface area contributed by atoms with Gasteiger partial charge in [-0.05, 0) is 31.5 Å². The first-order chi connectivity index (χ1) is 15.1. The molecule has 1 fully saturated rings. The van der Waals surface area contributed by atoms with Crippen LogP contribution in [0.1, 0.15) is 24.5 Å². The van der Waals surface area contributed by atoms with Gasteiger partial charge in [0.25, 0.3) is 0 Å². The van der Waals surface area contributed by atoms with Gasteiger partial charge in [-0.2, -0.15) is 19.1 Å². The maximum absolute atomic E-state index is 12.7. The van der Waals surface area contributed by atoms with Crippen molar-refractivity contribution in [1.29, 1.82) is 5.26 Å². The Kier molecular flexibility index (Phi) is 6.28. The van der Waals surface area contributed by atoms with E-state index < -0.39 is 6.61 Å². The van der Waals surface area contributed by atoms with Crippen LogP contribution in [0.3, 0.4) is 0 Å². The predicted molar refractivity (Wildman–Crippen MR) is 113 cm³/mol. The standard InChI is InChI=1S/C22H24F2N6O/c1-2-30-15-16(12-27-30)14-28-6-3-7-29(9-8-28)21-17(11-25)13-26-20-5-4-18(10-19(20)21)31-22(23)24/h4-5,10,12-13,15,22H,2-3,6-9,14H2,1H3. The van der Waals surface area contributed by atoms with Crippen molar-refractivity contribution in [2.24, 2.45) is 0 Å². The van der Waals surface area contributed by atoms with Crippen molar-refractivity contribution in [3.05, 3.63) is 47.9 Å². The first-order valence-electron chi connectivity index (χ1n) is 10.3. The van der Waals surface area contributed by atoms with Gasteiger partial charge in [-0.3, -0.25) is 14.6 Å². The maximum Gasteiger partial charge on any atom is 0.387 e. The summed E-state index contributed by atoms with van der Waals surface area (Å²) in [7, 11) is 0. The summed E-state index contributed by atoms with van der Waals surface area (Å²) in [6, 6.07) is 6.87. The van der Waals surface area contributed by atoms with E-state index in [9.17, 15) is 14.0 Å². The van der Waals surface area contributed by atoms with Gasteiger partial charge in [0.2, 0.25) is 0 Å². The number of hydrogen-bond donors (Lipinski definition) is 0. The van der Waals surface area contributed by atoms with Crippen molar-refractivity contribution >= 4 is 16.6 Å². The predicted octanol–water partition coefficient (Wildman–Crippen LogP) is 3.64. The summed E-state index contributed by atoms with van der Waals surface area (Å²) in [6.07, 6.45) is 6.44. The number of benzene rings is 1. The topological polar surface area (TPSA) is 70.2 Å². The van der Waals surface area contributed by atoms with Crippen molar-refractivity contribution in [2.45, 2.75) is 33.0 Å². The molecule has 3 heterocycles. The fourth-order valence-corrected chi connectivity index (χ4v) is 4.03. The molecule has 1 aliphatic rings. The van der Waals surface area contributed by atoms with E-state index in [0.717, 1.165) is 51.4 Å². The van der Waals surface area contributed by atoms with Crippen LogP contribution in [-0.4, -0.2) is 52.5 Å². The van der Waals surface area contributed by atoms with E-state index in [0.29, 0.717) is 16.5 Å². The van der Waals surface area contributed by atoms with Crippen LogP contribution in [-0.2, 0) is 13.1 Å². The number of pyridine rings is 1. The Morgan fingerprint density at radius 2 is 2.06 bits per heavy atom. The quantitative estimate of drug-likeness (QED) is 0.600. The highest BCUT2D eigenvalue weighted by Crippen LogP contribution is 2.33. The average Bonchev–Trinajstić information content (AvgIpc) is 3.09. The van der Waals surface area contributed by atoms with Crippen molar-refractivity contribution in [2.75, 3.05) is 31.1 Å². The van der Waals surface area contributed by atoms with Crippen LogP contribution < -0.4 is 9.64 Å². The summed E-state index contributed by atoms with van der Waals surface area (Å²) >= 11 is 0. The van der Waals surface area contributed by atoms with E-state index in [-0.39, 0.29) is 5.75 Å². The maximum atomic E-state index is 12.7. The Morgan fingerprint density at radius 1 is 1.19 bits per heavy atom. The minimum absolute atomic E-state index is 0.0602. The van der Waals surface area contributed by atoms with Gasteiger partial charge in [0.15, 0.2) is 0 Å². The third-order valence-corrected chi connectivity index (χ3v) is 5.48. The van der Waals surface area contributed by atoms with Crippen LogP contribution in [0.4, 0.5) is 14.5 Å². The zero-order valence-corrected chi connectivity index (χ0v) is 17.3. The Morgan fingerprint density at radius 3 is 2.81 bits per heavy atom. The van der Waals surface area contributed by atoms with E-state index >= 15 is 0 Å². The number of nitrogens with zero attached hydrogens (tertiary/aromatic N) is 6. The molecule has 4 rings (SSSR count). The number of aryl methyl sites for hydroxylation is 1. The molecule has 1 aromatic carbocycles. The molecule has 2 aromatic heterocycles. The van der Waals surface area contributed by atoms with E-state index in [4.69, 9.17) is 0 Å². The van der Waals surface area contributed by atoms with Gasteiger partial charge in [0, 0.05) is 62.6 Å². The van der Waals surface area contributed by atoms with E-state index in [1.165, 1.54) is 11.6 Å². The van der Waals surface area contributed by atoms with Crippen LogP contribution in [0, 0.1) is 11.3 Å². The van der Waals surface area contributed by atoms with Gasteiger partial charge in [-0.1, -0.05) is 0 Å². The largest absolute Gasteiger partial charge is 0.435 e. The highest BCUT2D eigenvalue weighted by atomic mass is 19.3. The molecule has 0 spiro atoms. The molecule has 7 nitrogen and oxygen atoms in total. The Labute approximate surface area is 179 Å². The molecule has 9 heteroatoms. The van der Waals surface area contributed by atoms with Crippen molar-refractivity contribution in [1.82, 2.24) is 19.7 Å². The summed E-state index contributed by atoms with van der Waals surface area (Å²) in [5, 5.41) is 14.7. The lowest BCUT2D eigenvalue weighted by Gasteiger charge is -2.26. The number of halogens is 2. The fraction of sp³-hybridized carbons (Fsp3) is 0.409. The van der Waals surface area contributed by atoms with Gasteiger partial charge in [0.1, 0.15) is 11.8 Å². The number of aromatic nitrogens is 3. The van der Waals surface area contributed by atoms with Crippen molar-refractivity contribution in [3.8, 4) is 11.8 Å². The second-order valence-corrected chi connectivity index (χ2v) is 7.51. The summed E-state index contributed by atoms with van der Waals surface area (Å²) in [5.74, 6) is 0.0602. The number of anilines is 1. The monoisotopic (exact) mass is 426 g/mol. The zero-order valence-electron chi connectivity index (χ0n) is 17.3. The molecule has 0 saturated carbocycles. The molecule has 1 saturated heterocycles. The summed E-state index contributed by atoms with van der Waals surface area (Å²) in [4.78, 5) is 8.85. The lowest BCUT2D eigenvalue weighted by molar-refractivity contribution is -0.0497. The second kappa shape index (κ2) is 9.27. The number of ether oxygens (including phenoxy) is 1. The van der Waals surface area contributed by atoms with Crippen LogP contribution in [0.15, 0.2) is 36.8 Å².